The Labute approximate surface area is 113 Å². The smallest absolute Gasteiger partial charge is 0.0608 e. The maximum Gasteiger partial charge on any atom is 0.0608 e. The summed E-state index contributed by atoms with van der Waals surface area (Å²) in [5, 5.41) is 3.56. The van der Waals surface area contributed by atoms with Gasteiger partial charge in [0.05, 0.1) is 6.10 Å². The molecule has 18 heavy (non-hydrogen) atoms. The predicted molar refractivity (Wildman–Crippen MR) is 76.7 cm³/mol. The number of ether oxygens (including phenoxy) is 1. The lowest BCUT2D eigenvalue weighted by Gasteiger charge is -2.37. The number of hydrogen-bond acceptors (Lipinski definition) is 2. The van der Waals surface area contributed by atoms with Gasteiger partial charge in [-0.3, -0.25) is 0 Å². The second-order valence-electron chi connectivity index (χ2n) is 6.82. The molecule has 0 radical (unpaired) electrons. The third-order valence-corrected chi connectivity index (χ3v) is 4.62. The van der Waals surface area contributed by atoms with Crippen molar-refractivity contribution >= 4 is 0 Å². The fraction of sp³-hybridized carbons (Fsp3) is 1.00. The Morgan fingerprint density at radius 3 is 2.61 bits per heavy atom. The van der Waals surface area contributed by atoms with Crippen LogP contribution in [0.5, 0.6) is 0 Å². The van der Waals surface area contributed by atoms with E-state index in [1.807, 2.05) is 0 Å². The van der Waals surface area contributed by atoms with Crippen molar-refractivity contribution in [3.8, 4) is 0 Å². The average molecular weight is 253 g/mol. The number of hydrogen-bond donors (Lipinski definition) is 1. The summed E-state index contributed by atoms with van der Waals surface area (Å²) < 4.78 is 6.19. The van der Waals surface area contributed by atoms with Crippen molar-refractivity contribution < 1.29 is 4.74 Å². The lowest BCUT2D eigenvalue weighted by atomic mass is 9.75. The second-order valence-corrected chi connectivity index (χ2v) is 6.82. The third-order valence-electron chi connectivity index (χ3n) is 4.62. The monoisotopic (exact) mass is 253 g/mol. The lowest BCUT2D eigenvalue weighted by Crippen LogP contribution is -2.34. The first kappa shape index (κ1) is 14.3. The summed E-state index contributed by atoms with van der Waals surface area (Å²) in [6.45, 7) is 9.17. The molecular formula is C16H31NO. The van der Waals surface area contributed by atoms with Gasteiger partial charge in [-0.05, 0) is 56.4 Å². The molecule has 0 saturated heterocycles. The minimum absolute atomic E-state index is 0.523. The molecule has 2 nitrogen and oxygen atoms in total. The van der Waals surface area contributed by atoms with Gasteiger partial charge in [0.1, 0.15) is 0 Å². The normalized spacial score (nSPS) is 33.0. The van der Waals surface area contributed by atoms with Gasteiger partial charge in [0, 0.05) is 12.6 Å². The molecule has 2 heteroatoms. The van der Waals surface area contributed by atoms with E-state index in [4.69, 9.17) is 4.74 Å². The van der Waals surface area contributed by atoms with E-state index >= 15 is 0 Å². The molecule has 0 aromatic carbocycles. The molecule has 0 aliphatic heterocycles. The van der Waals surface area contributed by atoms with Gasteiger partial charge in [-0.1, -0.05) is 27.2 Å². The first-order valence-corrected chi connectivity index (χ1v) is 8.01. The lowest BCUT2D eigenvalue weighted by molar-refractivity contribution is -0.0388. The van der Waals surface area contributed by atoms with Crippen molar-refractivity contribution in [2.75, 3.05) is 13.2 Å². The molecule has 3 atom stereocenters. The van der Waals surface area contributed by atoms with Crippen molar-refractivity contribution in [2.45, 2.75) is 71.4 Å². The van der Waals surface area contributed by atoms with E-state index in [0.717, 1.165) is 36.9 Å². The Kier molecular flexibility index (Phi) is 5.50. The van der Waals surface area contributed by atoms with Gasteiger partial charge in [0.2, 0.25) is 0 Å². The van der Waals surface area contributed by atoms with E-state index in [-0.39, 0.29) is 0 Å². The SMILES string of the molecule is CC1CCC(C(C)C)C(OCCCNC2CC2)C1. The fourth-order valence-corrected chi connectivity index (χ4v) is 3.21. The molecule has 2 fully saturated rings. The van der Waals surface area contributed by atoms with E-state index in [2.05, 4.69) is 26.1 Å². The zero-order chi connectivity index (χ0) is 13.0. The molecule has 0 aromatic heterocycles. The predicted octanol–water partition coefficient (Wildman–Crippen LogP) is 3.61. The first-order valence-electron chi connectivity index (χ1n) is 8.01. The van der Waals surface area contributed by atoms with E-state index in [1.54, 1.807) is 0 Å². The maximum atomic E-state index is 6.19. The van der Waals surface area contributed by atoms with Crippen LogP contribution in [0.3, 0.4) is 0 Å². The summed E-state index contributed by atoms with van der Waals surface area (Å²) in [7, 11) is 0. The van der Waals surface area contributed by atoms with Crippen LogP contribution in [0.25, 0.3) is 0 Å². The average Bonchev–Trinajstić information content (AvgIpc) is 3.12. The molecule has 0 spiro atoms. The summed E-state index contributed by atoms with van der Waals surface area (Å²) in [5.41, 5.74) is 0. The van der Waals surface area contributed by atoms with Crippen LogP contribution in [0.4, 0.5) is 0 Å². The topological polar surface area (TPSA) is 21.3 Å². The molecule has 0 bridgehead atoms. The Morgan fingerprint density at radius 2 is 1.94 bits per heavy atom. The molecule has 106 valence electrons. The van der Waals surface area contributed by atoms with Crippen molar-refractivity contribution in [2.24, 2.45) is 17.8 Å². The fourth-order valence-electron chi connectivity index (χ4n) is 3.21. The Hall–Kier alpha value is -0.0800. The van der Waals surface area contributed by atoms with Crippen LogP contribution in [0.15, 0.2) is 0 Å². The highest BCUT2D eigenvalue weighted by atomic mass is 16.5. The highest BCUT2D eigenvalue weighted by Gasteiger charge is 2.31. The maximum absolute atomic E-state index is 6.19. The Morgan fingerprint density at radius 1 is 1.17 bits per heavy atom. The molecule has 2 rings (SSSR count). The summed E-state index contributed by atoms with van der Waals surface area (Å²) in [6, 6.07) is 0.836. The minimum atomic E-state index is 0.523. The zero-order valence-electron chi connectivity index (χ0n) is 12.5. The Balaban J connectivity index is 1.63. The van der Waals surface area contributed by atoms with Gasteiger partial charge >= 0.3 is 0 Å². The van der Waals surface area contributed by atoms with Gasteiger partial charge in [-0.25, -0.2) is 0 Å². The number of nitrogens with one attached hydrogen (secondary N) is 1. The third kappa shape index (κ3) is 4.55. The standard InChI is InChI=1S/C16H31NO/c1-12(2)15-8-5-13(3)11-16(15)18-10-4-9-17-14-6-7-14/h12-17H,4-11H2,1-3H3. The van der Waals surface area contributed by atoms with Crippen LogP contribution in [-0.4, -0.2) is 25.3 Å². The minimum Gasteiger partial charge on any atom is -0.378 e. The molecule has 1 N–H and O–H groups in total. The van der Waals surface area contributed by atoms with Crippen LogP contribution in [-0.2, 0) is 4.74 Å². The van der Waals surface area contributed by atoms with Gasteiger partial charge in [0.15, 0.2) is 0 Å². The van der Waals surface area contributed by atoms with Crippen molar-refractivity contribution in [1.29, 1.82) is 0 Å². The van der Waals surface area contributed by atoms with Gasteiger partial charge in [0.25, 0.3) is 0 Å². The first-order chi connectivity index (χ1) is 8.66. The van der Waals surface area contributed by atoms with E-state index in [9.17, 15) is 0 Å². The molecule has 2 saturated carbocycles. The van der Waals surface area contributed by atoms with E-state index < -0.39 is 0 Å². The molecular weight excluding hydrogens is 222 g/mol. The molecule has 0 amide bonds. The summed E-state index contributed by atoms with van der Waals surface area (Å²) in [6.07, 6.45) is 8.50. The van der Waals surface area contributed by atoms with Gasteiger partial charge in [-0.15, -0.1) is 0 Å². The molecule has 2 aliphatic carbocycles. The van der Waals surface area contributed by atoms with Crippen LogP contribution < -0.4 is 5.32 Å². The van der Waals surface area contributed by atoms with E-state index in [0.29, 0.717) is 6.10 Å². The van der Waals surface area contributed by atoms with Crippen LogP contribution in [0, 0.1) is 17.8 Å². The van der Waals surface area contributed by atoms with Crippen LogP contribution in [0.1, 0.15) is 59.3 Å². The summed E-state index contributed by atoms with van der Waals surface area (Å²) >= 11 is 0. The Bertz CT molecular complexity index is 237. The zero-order valence-corrected chi connectivity index (χ0v) is 12.5. The highest BCUT2D eigenvalue weighted by molar-refractivity contribution is 4.82. The summed E-state index contributed by atoms with van der Waals surface area (Å²) in [4.78, 5) is 0. The van der Waals surface area contributed by atoms with Crippen LogP contribution >= 0.6 is 0 Å². The van der Waals surface area contributed by atoms with Crippen molar-refractivity contribution in [1.82, 2.24) is 5.32 Å². The molecule has 0 aromatic rings. The van der Waals surface area contributed by atoms with Crippen molar-refractivity contribution in [3.63, 3.8) is 0 Å². The second kappa shape index (κ2) is 6.91. The number of rotatable bonds is 7. The van der Waals surface area contributed by atoms with E-state index in [1.165, 1.54) is 38.5 Å². The highest BCUT2D eigenvalue weighted by Crippen LogP contribution is 2.35. The van der Waals surface area contributed by atoms with Gasteiger partial charge in [-0.2, -0.15) is 0 Å². The van der Waals surface area contributed by atoms with Crippen LogP contribution in [0.2, 0.25) is 0 Å². The largest absolute Gasteiger partial charge is 0.378 e. The molecule has 2 aliphatic rings. The van der Waals surface area contributed by atoms with Gasteiger partial charge < -0.3 is 10.1 Å². The summed E-state index contributed by atoms with van der Waals surface area (Å²) in [5.74, 6) is 2.42. The quantitative estimate of drug-likeness (QED) is 0.700. The molecule has 3 unspecified atom stereocenters. The van der Waals surface area contributed by atoms with Crippen molar-refractivity contribution in [3.05, 3.63) is 0 Å². The molecule has 0 heterocycles.